The number of carbonyl (C=O) groups is 2. The fraction of sp³-hybridized carbons (Fsp3) is 0.353. The number of carbonyl (C=O) groups excluding carboxylic acids is 2. The molecule has 0 saturated carbocycles. The molecular formula is C17H23N4O2+. The van der Waals surface area contributed by atoms with Gasteiger partial charge < -0.3 is 10.6 Å². The molecule has 1 aromatic carbocycles. The predicted octanol–water partition coefficient (Wildman–Crippen LogP) is 1.17. The number of benzene rings is 1. The van der Waals surface area contributed by atoms with Crippen LogP contribution in [-0.4, -0.2) is 23.0 Å². The van der Waals surface area contributed by atoms with Crippen molar-refractivity contribution in [1.29, 1.82) is 0 Å². The second-order valence-corrected chi connectivity index (χ2v) is 5.45. The average Bonchev–Trinajstić information content (AvgIpc) is 2.90. The lowest BCUT2D eigenvalue weighted by molar-refractivity contribution is -0.763. The Hall–Kier alpha value is -2.63. The van der Waals surface area contributed by atoms with Crippen molar-refractivity contribution in [1.82, 2.24) is 10.00 Å². The van der Waals surface area contributed by atoms with Gasteiger partial charge in [0.1, 0.15) is 0 Å². The average molecular weight is 315 g/mol. The quantitative estimate of drug-likeness (QED) is 0.786. The van der Waals surface area contributed by atoms with E-state index in [1.165, 1.54) is 0 Å². The minimum absolute atomic E-state index is 0.0763. The summed E-state index contributed by atoms with van der Waals surface area (Å²) in [6.07, 6.45) is 3.56. The van der Waals surface area contributed by atoms with Crippen LogP contribution in [0.15, 0.2) is 36.7 Å². The highest BCUT2D eigenvalue weighted by Gasteiger charge is 2.17. The molecule has 2 aromatic rings. The molecule has 0 bridgehead atoms. The molecule has 0 saturated heterocycles. The number of rotatable bonds is 6. The van der Waals surface area contributed by atoms with Gasteiger partial charge in [-0.3, -0.25) is 9.59 Å². The molecule has 6 nitrogen and oxygen atoms in total. The molecule has 0 aliphatic carbocycles. The largest absolute Gasteiger partial charge is 0.355 e. The van der Waals surface area contributed by atoms with E-state index >= 15 is 0 Å². The topological polar surface area (TPSA) is 67.0 Å². The van der Waals surface area contributed by atoms with Crippen molar-refractivity contribution in [2.45, 2.75) is 33.9 Å². The SMILES string of the molecule is CCNC(=O)Cn1ccc[n+]1CC(=O)Nc1c(C)cccc1C. The molecule has 0 fully saturated rings. The Morgan fingerprint density at radius 3 is 2.48 bits per heavy atom. The lowest BCUT2D eigenvalue weighted by Gasteiger charge is -2.10. The van der Waals surface area contributed by atoms with E-state index in [4.69, 9.17) is 0 Å². The van der Waals surface area contributed by atoms with Crippen molar-refractivity contribution in [2.75, 3.05) is 11.9 Å². The van der Waals surface area contributed by atoms with Gasteiger partial charge in [0.05, 0.1) is 6.20 Å². The number of nitrogens with one attached hydrogen (secondary N) is 2. The summed E-state index contributed by atoms with van der Waals surface area (Å²) in [6.45, 7) is 6.74. The van der Waals surface area contributed by atoms with E-state index in [0.29, 0.717) is 6.54 Å². The summed E-state index contributed by atoms with van der Waals surface area (Å²) >= 11 is 0. The molecule has 2 N–H and O–H groups in total. The van der Waals surface area contributed by atoms with Crippen molar-refractivity contribution in [2.24, 2.45) is 0 Å². The fourth-order valence-electron chi connectivity index (χ4n) is 2.43. The van der Waals surface area contributed by atoms with Crippen molar-refractivity contribution in [3.8, 4) is 0 Å². The standard InChI is InChI=1S/C17H22N4O2/c1-4-18-15(22)11-20-9-6-10-21(20)12-16(23)19-17-13(2)7-5-8-14(17)3/h5-10H,4,11-12H2,1-3H3,(H-,18,19,22,23)/p+1. The van der Waals surface area contributed by atoms with Gasteiger partial charge in [-0.15, -0.1) is 4.68 Å². The molecule has 1 aromatic heterocycles. The Bertz CT molecular complexity index is 686. The molecule has 0 unspecified atom stereocenters. The molecule has 0 atom stereocenters. The fourth-order valence-corrected chi connectivity index (χ4v) is 2.43. The van der Waals surface area contributed by atoms with Crippen molar-refractivity contribution >= 4 is 17.5 Å². The highest BCUT2D eigenvalue weighted by Crippen LogP contribution is 2.19. The summed E-state index contributed by atoms with van der Waals surface area (Å²) in [5.74, 6) is -0.198. The summed E-state index contributed by atoms with van der Waals surface area (Å²) in [5, 5.41) is 5.69. The third-order valence-electron chi connectivity index (χ3n) is 3.58. The molecular weight excluding hydrogens is 292 g/mol. The Morgan fingerprint density at radius 2 is 1.83 bits per heavy atom. The van der Waals surface area contributed by atoms with Gasteiger partial charge in [0, 0.05) is 18.3 Å². The third kappa shape index (κ3) is 4.42. The number of aryl methyl sites for hydroxylation is 2. The molecule has 1 heterocycles. The van der Waals surface area contributed by atoms with Gasteiger partial charge in [-0.2, -0.15) is 4.68 Å². The molecule has 0 radical (unpaired) electrons. The van der Waals surface area contributed by atoms with Gasteiger partial charge in [0.15, 0.2) is 12.7 Å². The maximum Gasteiger partial charge on any atom is 0.292 e. The van der Waals surface area contributed by atoms with Crippen molar-refractivity contribution < 1.29 is 14.3 Å². The Morgan fingerprint density at radius 1 is 1.13 bits per heavy atom. The van der Waals surface area contributed by atoms with Crippen LogP contribution in [0.1, 0.15) is 18.1 Å². The summed E-state index contributed by atoms with van der Waals surface area (Å²) in [7, 11) is 0. The summed E-state index contributed by atoms with van der Waals surface area (Å²) < 4.78 is 3.44. The molecule has 23 heavy (non-hydrogen) atoms. The van der Waals surface area contributed by atoms with Gasteiger partial charge >= 0.3 is 0 Å². The molecule has 0 spiro atoms. The number of anilines is 1. The second kappa shape index (κ2) is 7.58. The molecule has 6 heteroatoms. The number of hydrogen-bond donors (Lipinski definition) is 2. The maximum absolute atomic E-state index is 12.3. The summed E-state index contributed by atoms with van der Waals surface area (Å²) in [5.41, 5.74) is 2.90. The van der Waals surface area contributed by atoms with Crippen LogP contribution < -0.4 is 15.3 Å². The summed E-state index contributed by atoms with van der Waals surface area (Å²) in [6, 6.07) is 7.71. The number of amides is 2. The number of aromatic nitrogens is 2. The monoisotopic (exact) mass is 315 g/mol. The van der Waals surface area contributed by atoms with E-state index in [9.17, 15) is 9.59 Å². The molecule has 122 valence electrons. The predicted molar refractivity (Wildman–Crippen MR) is 87.9 cm³/mol. The Labute approximate surface area is 136 Å². The van der Waals surface area contributed by atoms with E-state index in [1.807, 2.05) is 45.0 Å². The Balaban J connectivity index is 2.04. The van der Waals surface area contributed by atoms with Crippen LogP contribution in [0.5, 0.6) is 0 Å². The van der Waals surface area contributed by atoms with Gasteiger partial charge in [0.2, 0.25) is 12.5 Å². The second-order valence-electron chi connectivity index (χ2n) is 5.45. The first-order chi connectivity index (χ1) is 11.0. The first-order valence-corrected chi connectivity index (χ1v) is 7.69. The number of para-hydroxylation sites is 1. The first-order valence-electron chi connectivity index (χ1n) is 7.69. The van der Waals surface area contributed by atoms with Gasteiger partial charge in [-0.1, -0.05) is 18.2 Å². The smallest absolute Gasteiger partial charge is 0.292 e. The minimum atomic E-state index is -0.122. The lowest BCUT2D eigenvalue weighted by atomic mass is 10.1. The number of likely N-dealkylation sites (N-methyl/N-ethyl adjacent to an activating group) is 1. The maximum atomic E-state index is 12.3. The highest BCUT2D eigenvalue weighted by atomic mass is 16.2. The summed E-state index contributed by atoms with van der Waals surface area (Å²) in [4.78, 5) is 24.0. The normalized spacial score (nSPS) is 10.4. The van der Waals surface area contributed by atoms with E-state index < -0.39 is 0 Å². The van der Waals surface area contributed by atoms with Crippen LogP contribution in [0.4, 0.5) is 5.69 Å². The molecule has 0 aliphatic heterocycles. The van der Waals surface area contributed by atoms with Crippen LogP contribution >= 0.6 is 0 Å². The van der Waals surface area contributed by atoms with Gasteiger partial charge in [0.25, 0.3) is 5.91 Å². The van der Waals surface area contributed by atoms with Crippen molar-refractivity contribution in [3.63, 3.8) is 0 Å². The van der Waals surface area contributed by atoms with Gasteiger partial charge in [-0.25, -0.2) is 0 Å². The van der Waals surface area contributed by atoms with Crippen LogP contribution in [0.3, 0.4) is 0 Å². The van der Waals surface area contributed by atoms with Crippen molar-refractivity contribution in [3.05, 3.63) is 47.8 Å². The van der Waals surface area contributed by atoms with Crippen LogP contribution in [0, 0.1) is 13.8 Å². The van der Waals surface area contributed by atoms with E-state index in [2.05, 4.69) is 10.6 Å². The Kier molecular flexibility index (Phi) is 5.51. The number of nitrogens with zero attached hydrogens (tertiary/aromatic N) is 2. The van der Waals surface area contributed by atoms with Gasteiger partial charge in [-0.05, 0) is 31.9 Å². The van der Waals surface area contributed by atoms with Crippen LogP contribution in [-0.2, 0) is 22.7 Å². The van der Waals surface area contributed by atoms with E-state index in [-0.39, 0.29) is 24.9 Å². The zero-order valence-electron chi connectivity index (χ0n) is 13.8. The van der Waals surface area contributed by atoms with Crippen LogP contribution in [0.2, 0.25) is 0 Å². The first kappa shape index (κ1) is 16.7. The van der Waals surface area contributed by atoms with Crippen LogP contribution in [0.25, 0.3) is 0 Å². The zero-order chi connectivity index (χ0) is 16.8. The highest BCUT2D eigenvalue weighted by molar-refractivity contribution is 5.91. The molecule has 0 aliphatic rings. The molecule has 2 rings (SSSR count). The van der Waals surface area contributed by atoms with E-state index in [1.54, 1.807) is 21.8 Å². The van der Waals surface area contributed by atoms with E-state index in [0.717, 1.165) is 16.8 Å². The minimum Gasteiger partial charge on any atom is -0.355 e. The lowest BCUT2D eigenvalue weighted by Crippen LogP contribution is -2.49. The molecule has 2 amide bonds. The zero-order valence-corrected chi connectivity index (χ0v) is 13.8. The number of hydrogen-bond acceptors (Lipinski definition) is 2. The third-order valence-corrected chi connectivity index (χ3v) is 3.58.